The van der Waals surface area contributed by atoms with Crippen molar-refractivity contribution in [1.29, 1.82) is 0 Å². The van der Waals surface area contributed by atoms with Gasteiger partial charge in [-0.2, -0.15) is 0 Å². The van der Waals surface area contributed by atoms with Gasteiger partial charge in [-0.05, 0) is 18.4 Å². The Bertz CT molecular complexity index is 501. The normalized spacial score (nSPS) is 20.9. The fourth-order valence-corrected chi connectivity index (χ4v) is 3.02. The van der Waals surface area contributed by atoms with Crippen molar-refractivity contribution in [3.63, 3.8) is 0 Å². The summed E-state index contributed by atoms with van der Waals surface area (Å²) >= 11 is 0. The molecule has 1 aliphatic heterocycles. The average molecular weight is 297 g/mol. The van der Waals surface area contributed by atoms with Crippen LogP contribution in [-0.4, -0.2) is 57.7 Å². The van der Waals surface area contributed by atoms with Gasteiger partial charge in [-0.15, -0.1) is 0 Å². The van der Waals surface area contributed by atoms with Crippen LogP contribution in [0.3, 0.4) is 0 Å². The van der Waals surface area contributed by atoms with Crippen LogP contribution in [0.5, 0.6) is 0 Å². The molecule has 1 fully saturated rings. The van der Waals surface area contributed by atoms with Crippen molar-refractivity contribution in [2.45, 2.75) is 18.9 Å². The fourth-order valence-electron chi connectivity index (χ4n) is 2.43. The second kappa shape index (κ2) is 7.20. The van der Waals surface area contributed by atoms with Crippen molar-refractivity contribution in [1.82, 2.24) is 4.90 Å². The van der Waals surface area contributed by atoms with Crippen LogP contribution in [0.1, 0.15) is 12.0 Å². The molecule has 1 atom stereocenters. The zero-order valence-electron chi connectivity index (χ0n) is 12.0. The summed E-state index contributed by atoms with van der Waals surface area (Å²) < 4.78 is 28.2. The summed E-state index contributed by atoms with van der Waals surface area (Å²) in [6, 6.07) is 10.4. The van der Waals surface area contributed by atoms with E-state index in [0.717, 1.165) is 25.9 Å². The molecule has 0 saturated carbocycles. The Kier molecular flexibility index (Phi) is 5.57. The number of morpholine rings is 1. The highest BCUT2D eigenvalue weighted by atomic mass is 32.2. The predicted molar refractivity (Wildman–Crippen MR) is 80.7 cm³/mol. The predicted octanol–water partition coefficient (Wildman–Crippen LogP) is 1.36. The Hall–Kier alpha value is -0.910. The first-order valence-corrected chi connectivity index (χ1v) is 9.14. The second-order valence-electron chi connectivity index (χ2n) is 5.45. The molecule has 1 unspecified atom stereocenters. The van der Waals surface area contributed by atoms with E-state index in [-0.39, 0.29) is 11.9 Å². The van der Waals surface area contributed by atoms with E-state index in [1.54, 1.807) is 0 Å². The van der Waals surface area contributed by atoms with E-state index in [4.69, 9.17) is 4.74 Å². The van der Waals surface area contributed by atoms with E-state index in [1.807, 2.05) is 6.07 Å². The Morgan fingerprint density at radius 1 is 1.30 bits per heavy atom. The summed E-state index contributed by atoms with van der Waals surface area (Å²) in [5.41, 5.74) is 1.32. The number of rotatable bonds is 6. The van der Waals surface area contributed by atoms with E-state index in [2.05, 4.69) is 29.2 Å². The maximum absolute atomic E-state index is 11.2. The van der Waals surface area contributed by atoms with Gasteiger partial charge in [0.05, 0.1) is 18.5 Å². The monoisotopic (exact) mass is 297 g/mol. The Labute approximate surface area is 121 Å². The highest BCUT2D eigenvalue weighted by molar-refractivity contribution is 7.90. The molecule has 4 nitrogen and oxygen atoms in total. The Balaban J connectivity index is 1.76. The van der Waals surface area contributed by atoms with Gasteiger partial charge in [0.15, 0.2) is 0 Å². The molecule has 0 aromatic heterocycles. The lowest BCUT2D eigenvalue weighted by molar-refractivity contribution is -0.0297. The van der Waals surface area contributed by atoms with Gasteiger partial charge in [0.25, 0.3) is 0 Å². The molecule has 2 rings (SSSR count). The number of benzene rings is 1. The van der Waals surface area contributed by atoms with Gasteiger partial charge in [-0.1, -0.05) is 30.3 Å². The van der Waals surface area contributed by atoms with Gasteiger partial charge in [-0.25, -0.2) is 8.42 Å². The van der Waals surface area contributed by atoms with Crippen LogP contribution in [0.4, 0.5) is 0 Å². The topological polar surface area (TPSA) is 46.6 Å². The van der Waals surface area contributed by atoms with E-state index in [0.29, 0.717) is 13.2 Å². The summed E-state index contributed by atoms with van der Waals surface area (Å²) in [7, 11) is -2.88. The smallest absolute Gasteiger partial charge is 0.148 e. The van der Waals surface area contributed by atoms with Crippen molar-refractivity contribution < 1.29 is 13.2 Å². The second-order valence-corrected chi connectivity index (χ2v) is 7.71. The lowest BCUT2D eigenvalue weighted by Gasteiger charge is -2.32. The molecule has 0 amide bonds. The van der Waals surface area contributed by atoms with E-state index >= 15 is 0 Å². The minimum Gasteiger partial charge on any atom is -0.376 e. The first kappa shape index (κ1) is 15.5. The molecule has 20 heavy (non-hydrogen) atoms. The Morgan fingerprint density at radius 3 is 2.75 bits per heavy atom. The molecule has 1 heterocycles. The van der Waals surface area contributed by atoms with Crippen molar-refractivity contribution in [2.75, 3.05) is 38.2 Å². The van der Waals surface area contributed by atoms with E-state index < -0.39 is 9.84 Å². The van der Waals surface area contributed by atoms with Crippen molar-refractivity contribution in [3.05, 3.63) is 35.9 Å². The maximum Gasteiger partial charge on any atom is 0.148 e. The third-order valence-electron chi connectivity index (χ3n) is 3.60. The van der Waals surface area contributed by atoms with Crippen LogP contribution in [0.2, 0.25) is 0 Å². The van der Waals surface area contributed by atoms with Crippen LogP contribution in [0.25, 0.3) is 0 Å². The molecule has 1 saturated heterocycles. The summed E-state index contributed by atoms with van der Waals surface area (Å²) in [4.78, 5) is 2.19. The first-order chi connectivity index (χ1) is 9.53. The van der Waals surface area contributed by atoms with Crippen LogP contribution in [0, 0.1) is 0 Å². The Morgan fingerprint density at radius 2 is 2.05 bits per heavy atom. The van der Waals surface area contributed by atoms with Gasteiger partial charge in [0.1, 0.15) is 9.84 Å². The summed E-state index contributed by atoms with van der Waals surface area (Å²) in [5.74, 6) is 0.235. The third kappa shape index (κ3) is 5.61. The molecule has 0 aliphatic carbocycles. The van der Waals surface area contributed by atoms with E-state index in [9.17, 15) is 8.42 Å². The zero-order valence-corrected chi connectivity index (χ0v) is 12.8. The van der Waals surface area contributed by atoms with E-state index in [1.165, 1.54) is 11.8 Å². The van der Waals surface area contributed by atoms with Gasteiger partial charge in [0, 0.05) is 25.9 Å². The van der Waals surface area contributed by atoms with Crippen molar-refractivity contribution in [3.8, 4) is 0 Å². The van der Waals surface area contributed by atoms with Gasteiger partial charge < -0.3 is 4.74 Å². The largest absolute Gasteiger partial charge is 0.376 e. The number of ether oxygens (including phenoxy) is 1. The number of nitrogens with zero attached hydrogens (tertiary/aromatic N) is 1. The van der Waals surface area contributed by atoms with Crippen molar-refractivity contribution in [2.24, 2.45) is 0 Å². The molecule has 5 heteroatoms. The highest BCUT2D eigenvalue weighted by Gasteiger charge is 2.20. The summed E-state index contributed by atoms with van der Waals surface area (Å²) in [6.07, 6.45) is 3.49. The number of sulfone groups is 1. The maximum atomic E-state index is 11.2. The van der Waals surface area contributed by atoms with Gasteiger partial charge >= 0.3 is 0 Å². The standard InChI is InChI=1S/C15H23NO3S/c1-20(17,18)12-10-16-9-11-19-15(13-16)8-7-14-5-3-2-4-6-14/h2-6,15H,7-13H2,1H3. The molecule has 0 radical (unpaired) electrons. The fraction of sp³-hybridized carbons (Fsp3) is 0.600. The van der Waals surface area contributed by atoms with Gasteiger partial charge in [0.2, 0.25) is 0 Å². The van der Waals surface area contributed by atoms with Crippen molar-refractivity contribution >= 4 is 9.84 Å². The van der Waals surface area contributed by atoms with Crippen LogP contribution < -0.4 is 0 Å². The molecule has 0 spiro atoms. The molecular weight excluding hydrogens is 274 g/mol. The quantitative estimate of drug-likeness (QED) is 0.795. The minimum absolute atomic E-state index is 0.212. The SMILES string of the molecule is CS(=O)(=O)CCN1CCOC(CCc2ccccc2)C1. The first-order valence-electron chi connectivity index (χ1n) is 7.08. The molecule has 1 aliphatic rings. The number of hydrogen-bond acceptors (Lipinski definition) is 4. The van der Waals surface area contributed by atoms with Crippen LogP contribution in [0.15, 0.2) is 30.3 Å². The van der Waals surface area contributed by atoms with Crippen LogP contribution >= 0.6 is 0 Å². The van der Waals surface area contributed by atoms with Crippen LogP contribution in [-0.2, 0) is 21.0 Å². The highest BCUT2D eigenvalue weighted by Crippen LogP contribution is 2.12. The minimum atomic E-state index is -2.88. The third-order valence-corrected chi connectivity index (χ3v) is 4.52. The molecule has 0 N–H and O–H groups in total. The number of hydrogen-bond donors (Lipinski definition) is 0. The summed E-state index contributed by atoms with van der Waals surface area (Å²) in [5, 5.41) is 0. The molecular formula is C15H23NO3S. The molecule has 1 aromatic rings. The lowest BCUT2D eigenvalue weighted by Crippen LogP contribution is -2.44. The molecule has 1 aromatic carbocycles. The van der Waals surface area contributed by atoms with Gasteiger partial charge in [-0.3, -0.25) is 4.90 Å². The lowest BCUT2D eigenvalue weighted by atomic mass is 10.1. The number of aryl methyl sites for hydroxylation is 1. The average Bonchev–Trinajstić information content (AvgIpc) is 2.44. The molecule has 0 bridgehead atoms. The summed E-state index contributed by atoms with van der Waals surface area (Å²) in [6.45, 7) is 2.98. The zero-order chi connectivity index (χ0) is 14.4. The molecule has 112 valence electrons.